The standard InChI is InChI=1S/C13H17O2S/c1-3-16(4-2)15-13(14)11-10-12-8-6-5-7-9-12/h3-9H,10-11H2,1-2H3/q-1. The molecule has 0 aliphatic heterocycles. The monoisotopic (exact) mass is 237 g/mol. The summed E-state index contributed by atoms with van der Waals surface area (Å²) in [6, 6.07) is 9.96. The Bertz CT molecular complexity index is 405. The van der Waals surface area contributed by atoms with Gasteiger partial charge in [-0.05, 0) is 12.0 Å². The van der Waals surface area contributed by atoms with Crippen LogP contribution >= 0.6 is 0 Å². The molecule has 0 fully saturated rings. The minimum Gasteiger partial charge on any atom is -0.570 e. The van der Waals surface area contributed by atoms with E-state index >= 15 is 0 Å². The highest BCUT2D eigenvalue weighted by molar-refractivity contribution is 7.89. The molecule has 0 atom stereocenters. The van der Waals surface area contributed by atoms with Crippen LogP contribution in [0.2, 0.25) is 0 Å². The van der Waals surface area contributed by atoms with Crippen molar-refractivity contribution in [3.8, 4) is 0 Å². The van der Waals surface area contributed by atoms with Gasteiger partial charge in [0.2, 0.25) is 0 Å². The molecule has 0 heterocycles. The van der Waals surface area contributed by atoms with Crippen molar-refractivity contribution in [3.63, 3.8) is 0 Å². The quantitative estimate of drug-likeness (QED) is 0.593. The molecule has 0 unspecified atom stereocenters. The maximum absolute atomic E-state index is 11.5. The molecule has 0 saturated heterocycles. The van der Waals surface area contributed by atoms with E-state index in [0.717, 1.165) is 6.42 Å². The van der Waals surface area contributed by atoms with E-state index in [9.17, 15) is 4.79 Å². The van der Waals surface area contributed by atoms with Crippen molar-refractivity contribution >= 4 is 27.1 Å². The Morgan fingerprint density at radius 2 is 1.88 bits per heavy atom. The number of carbonyl (C=O) groups excluding carboxylic acids is 1. The lowest BCUT2D eigenvalue weighted by Gasteiger charge is -2.13. The molecule has 2 nitrogen and oxygen atoms in total. The zero-order chi connectivity index (χ0) is 11.8. The molecule has 16 heavy (non-hydrogen) atoms. The fourth-order valence-electron chi connectivity index (χ4n) is 1.27. The van der Waals surface area contributed by atoms with E-state index in [1.54, 1.807) is 0 Å². The van der Waals surface area contributed by atoms with Crippen LogP contribution in [0.5, 0.6) is 0 Å². The van der Waals surface area contributed by atoms with Gasteiger partial charge in [-0.25, -0.2) is 0 Å². The van der Waals surface area contributed by atoms with Gasteiger partial charge in [-0.2, -0.15) is 10.7 Å². The largest absolute Gasteiger partial charge is 0.570 e. The Morgan fingerprint density at radius 3 is 2.44 bits per heavy atom. The number of hydrogen-bond donors (Lipinski definition) is 0. The van der Waals surface area contributed by atoms with Crippen LogP contribution in [0.3, 0.4) is 0 Å². The summed E-state index contributed by atoms with van der Waals surface area (Å²) in [7, 11) is -0.426. The SMILES string of the molecule is CC=[S-](=CC)OC(=O)CCc1ccccc1. The van der Waals surface area contributed by atoms with Gasteiger partial charge < -0.3 is 14.5 Å². The fraction of sp³-hybridized carbons (Fsp3) is 0.308. The van der Waals surface area contributed by atoms with Crippen molar-refractivity contribution in [2.75, 3.05) is 0 Å². The lowest BCUT2D eigenvalue weighted by molar-refractivity contribution is -0.133. The lowest BCUT2D eigenvalue weighted by Crippen LogP contribution is -2.06. The molecule has 0 N–H and O–H groups in total. The summed E-state index contributed by atoms with van der Waals surface area (Å²) in [6.07, 6.45) is 1.18. The third kappa shape index (κ3) is 4.53. The Balaban J connectivity index is 2.42. The highest BCUT2D eigenvalue weighted by Crippen LogP contribution is 2.03. The summed E-state index contributed by atoms with van der Waals surface area (Å²) < 4.78 is 5.25. The maximum Gasteiger partial charge on any atom is 0.286 e. The zero-order valence-corrected chi connectivity index (χ0v) is 10.5. The third-order valence-electron chi connectivity index (χ3n) is 2.11. The van der Waals surface area contributed by atoms with Crippen molar-refractivity contribution in [3.05, 3.63) is 35.9 Å². The lowest BCUT2D eigenvalue weighted by atomic mass is 10.1. The molecular weight excluding hydrogens is 220 g/mol. The highest BCUT2D eigenvalue weighted by atomic mass is 32.2. The number of rotatable bonds is 4. The van der Waals surface area contributed by atoms with Gasteiger partial charge in [-0.1, -0.05) is 44.2 Å². The fourth-order valence-corrected chi connectivity index (χ4v) is 2.03. The highest BCUT2D eigenvalue weighted by Gasteiger charge is 1.98. The molecule has 88 valence electrons. The first-order valence-electron chi connectivity index (χ1n) is 5.32. The van der Waals surface area contributed by atoms with E-state index in [1.807, 2.05) is 54.9 Å². The molecule has 0 aromatic heterocycles. The molecule has 0 amide bonds. The number of carbonyl (C=O) groups is 1. The zero-order valence-electron chi connectivity index (χ0n) is 9.68. The molecule has 0 spiro atoms. The predicted octanol–water partition coefficient (Wildman–Crippen LogP) is 2.34. The van der Waals surface area contributed by atoms with E-state index in [4.69, 9.17) is 4.18 Å². The van der Waals surface area contributed by atoms with Crippen LogP contribution in [0.1, 0.15) is 25.8 Å². The van der Waals surface area contributed by atoms with Gasteiger partial charge >= 0.3 is 0 Å². The molecule has 1 rings (SSSR count). The van der Waals surface area contributed by atoms with Crippen LogP contribution in [0.25, 0.3) is 0 Å². The van der Waals surface area contributed by atoms with E-state index in [1.165, 1.54) is 5.56 Å². The van der Waals surface area contributed by atoms with Gasteiger partial charge in [0.25, 0.3) is 5.97 Å². The average Bonchev–Trinajstić information content (AvgIpc) is 2.34. The van der Waals surface area contributed by atoms with E-state index < -0.39 is 10.4 Å². The summed E-state index contributed by atoms with van der Waals surface area (Å²) in [5.41, 5.74) is 1.17. The summed E-state index contributed by atoms with van der Waals surface area (Å²) >= 11 is 0. The van der Waals surface area contributed by atoms with Gasteiger partial charge in [0.05, 0.1) is 0 Å². The van der Waals surface area contributed by atoms with Gasteiger partial charge in [0.1, 0.15) is 0 Å². The van der Waals surface area contributed by atoms with Crippen LogP contribution in [-0.2, 0) is 25.8 Å². The first-order chi connectivity index (χ1) is 7.76. The summed E-state index contributed by atoms with van der Waals surface area (Å²) in [6.45, 7) is 3.79. The van der Waals surface area contributed by atoms with Gasteiger partial charge in [-0.15, -0.1) is 0 Å². The maximum atomic E-state index is 11.5. The smallest absolute Gasteiger partial charge is 0.286 e. The van der Waals surface area contributed by atoms with Crippen molar-refractivity contribution in [2.24, 2.45) is 0 Å². The molecule has 3 heteroatoms. The second-order valence-electron chi connectivity index (χ2n) is 3.24. The minimum absolute atomic E-state index is 0.136. The van der Waals surface area contributed by atoms with Crippen LogP contribution in [-0.4, -0.2) is 16.7 Å². The van der Waals surface area contributed by atoms with Gasteiger partial charge in [-0.3, -0.25) is 4.79 Å². The minimum atomic E-state index is -0.426. The molecule has 0 saturated carbocycles. The second kappa shape index (κ2) is 7.12. The average molecular weight is 237 g/mol. The van der Waals surface area contributed by atoms with Crippen LogP contribution in [0, 0.1) is 0 Å². The molecule has 0 aliphatic rings. The predicted molar refractivity (Wildman–Crippen MR) is 71.7 cm³/mol. The molecule has 0 bridgehead atoms. The molecule has 0 aliphatic carbocycles. The van der Waals surface area contributed by atoms with Crippen molar-refractivity contribution in [1.29, 1.82) is 0 Å². The first-order valence-corrected chi connectivity index (χ1v) is 6.59. The summed E-state index contributed by atoms with van der Waals surface area (Å²) in [5, 5.41) is 3.78. The molecule has 1 aromatic rings. The summed E-state index contributed by atoms with van der Waals surface area (Å²) in [5.74, 6) is -0.136. The molecular formula is C13H17O2S-. The Morgan fingerprint density at radius 1 is 1.25 bits per heavy atom. The Kier molecular flexibility index (Phi) is 5.72. The topological polar surface area (TPSA) is 26.3 Å². The number of hydrogen-bond acceptors (Lipinski definition) is 3. The Labute approximate surface area is 99.0 Å². The van der Waals surface area contributed by atoms with Gasteiger partial charge in [0, 0.05) is 6.42 Å². The third-order valence-corrected chi connectivity index (χ3v) is 3.42. The van der Waals surface area contributed by atoms with Crippen LogP contribution in [0.4, 0.5) is 0 Å². The van der Waals surface area contributed by atoms with Crippen molar-refractivity contribution in [1.82, 2.24) is 0 Å². The van der Waals surface area contributed by atoms with E-state index in [2.05, 4.69) is 0 Å². The first kappa shape index (κ1) is 12.8. The summed E-state index contributed by atoms with van der Waals surface area (Å²) in [4.78, 5) is 11.5. The van der Waals surface area contributed by atoms with Crippen LogP contribution in [0.15, 0.2) is 30.3 Å². The van der Waals surface area contributed by atoms with E-state index in [0.29, 0.717) is 6.42 Å². The number of aryl methyl sites for hydroxylation is 1. The normalized spacial score (nSPS) is 12.6. The van der Waals surface area contributed by atoms with Gasteiger partial charge in [0.15, 0.2) is 0 Å². The van der Waals surface area contributed by atoms with Crippen molar-refractivity contribution < 1.29 is 8.98 Å². The molecule has 1 aromatic carbocycles. The van der Waals surface area contributed by atoms with Crippen LogP contribution < -0.4 is 0 Å². The van der Waals surface area contributed by atoms with Crippen molar-refractivity contribution in [2.45, 2.75) is 26.7 Å². The second-order valence-corrected chi connectivity index (χ2v) is 5.01. The molecule has 0 radical (unpaired) electrons. The Hall–Kier alpha value is -1.22. The number of benzene rings is 1. The van der Waals surface area contributed by atoms with E-state index in [-0.39, 0.29) is 5.97 Å².